The molecule has 0 atom stereocenters. The number of rotatable bonds is 5. The highest BCUT2D eigenvalue weighted by atomic mass is 32.2. The monoisotopic (exact) mass is 413 g/mol. The summed E-state index contributed by atoms with van der Waals surface area (Å²) in [6.45, 7) is 1.29. The zero-order chi connectivity index (χ0) is 20.4. The molecule has 2 aliphatic heterocycles. The molecule has 2 aromatic carbocycles. The van der Waals surface area contributed by atoms with Gasteiger partial charge < -0.3 is 10.6 Å². The summed E-state index contributed by atoms with van der Waals surface area (Å²) in [6.07, 6.45) is 0.0851. The molecule has 0 saturated carbocycles. The van der Waals surface area contributed by atoms with Crippen molar-refractivity contribution in [3.63, 3.8) is 0 Å². The average Bonchev–Trinajstić information content (AvgIpc) is 3.23. The molecule has 1 saturated heterocycles. The van der Waals surface area contributed by atoms with Crippen molar-refractivity contribution < 1.29 is 18.0 Å². The number of aliphatic imine (C=N–C) groups is 1. The predicted molar refractivity (Wildman–Crippen MR) is 109 cm³/mol. The van der Waals surface area contributed by atoms with Crippen molar-refractivity contribution in [2.75, 3.05) is 29.9 Å². The van der Waals surface area contributed by atoms with Gasteiger partial charge in [-0.05, 0) is 30.3 Å². The summed E-state index contributed by atoms with van der Waals surface area (Å²) in [7, 11) is -3.59. The van der Waals surface area contributed by atoms with Crippen molar-refractivity contribution in [1.82, 2.24) is 10.0 Å². The SMILES string of the molecule is O=C(CCN=C1NS(=O)(=O)c2ccccc21)Nc1cccc(N2CCNC2=O)c1. The summed E-state index contributed by atoms with van der Waals surface area (Å²) < 4.78 is 26.5. The highest BCUT2D eigenvalue weighted by Gasteiger charge is 2.30. The summed E-state index contributed by atoms with van der Waals surface area (Å²) in [5.41, 5.74) is 1.78. The van der Waals surface area contributed by atoms with Crippen molar-refractivity contribution in [2.45, 2.75) is 11.3 Å². The molecule has 0 unspecified atom stereocenters. The molecule has 9 nitrogen and oxygen atoms in total. The molecule has 4 rings (SSSR count). The Hall–Kier alpha value is -3.40. The number of hydrogen-bond acceptors (Lipinski definition) is 5. The lowest BCUT2D eigenvalue weighted by Gasteiger charge is -2.15. The first kappa shape index (κ1) is 18.9. The van der Waals surface area contributed by atoms with Gasteiger partial charge in [-0.2, -0.15) is 0 Å². The maximum atomic E-state index is 12.2. The second-order valence-corrected chi connectivity index (χ2v) is 8.21. The van der Waals surface area contributed by atoms with Gasteiger partial charge in [-0.1, -0.05) is 18.2 Å². The van der Waals surface area contributed by atoms with Gasteiger partial charge in [0.25, 0.3) is 10.0 Å². The minimum Gasteiger partial charge on any atom is -0.336 e. The molecule has 2 aromatic rings. The van der Waals surface area contributed by atoms with Crippen molar-refractivity contribution in [3.05, 3.63) is 54.1 Å². The van der Waals surface area contributed by atoms with Crippen LogP contribution in [0.4, 0.5) is 16.2 Å². The Bertz CT molecular complexity index is 1110. The molecule has 1 fully saturated rings. The van der Waals surface area contributed by atoms with E-state index in [9.17, 15) is 18.0 Å². The van der Waals surface area contributed by atoms with Gasteiger partial charge in [-0.25, -0.2) is 13.2 Å². The number of nitrogens with zero attached hydrogens (tertiary/aromatic N) is 2. The van der Waals surface area contributed by atoms with Crippen LogP contribution in [0.3, 0.4) is 0 Å². The molecule has 0 spiro atoms. The van der Waals surface area contributed by atoms with E-state index in [0.29, 0.717) is 30.0 Å². The predicted octanol–water partition coefficient (Wildman–Crippen LogP) is 1.28. The zero-order valence-corrected chi connectivity index (χ0v) is 16.2. The largest absolute Gasteiger partial charge is 0.336 e. The summed E-state index contributed by atoms with van der Waals surface area (Å²) in [5.74, 6) is -0.0121. The van der Waals surface area contributed by atoms with Gasteiger partial charge in [-0.15, -0.1) is 0 Å². The number of urea groups is 1. The van der Waals surface area contributed by atoms with Crippen LogP contribution in [0.1, 0.15) is 12.0 Å². The third-order valence-electron chi connectivity index (χ3n) is 4.57. The first-order chi connectivity index (χ1) is 13.9. The molecule has 2 aliphatic rings. The molecular formula is C19H19N5O4S. The van der Waals surface area contributed by atoms with Crippen LogP contribution >= 0.6 is 0 Å². The Morgan fingerprint density at radius 3 is 2.79 bits per heavy atom. The fraction of sp³-hybridized carbons (Fsp3) is 0.211. The Labute approximate surface area is 167 Å². The Balaban J connectivity index is 1.38. The second-order valence-electron chi connectivity index (χ2n) is 6.56. The van der Waals surface area contributed by atoms with Crippen LogP contribution < -0.4 is 20.3 Å². The number of hydrogen-bond donors (Lipinski definition) is 3. The van der Waals surface area contributed by atoms with Crippen molar-refractivity contribution in [2.24, 2.45) is 4.99 Å². The van der Waals surface area contributed by atoms with E-state index < -0.39 is 10.0 Å². The molecule has 3 amide bonds. The van der Waals surface area contributed by atoms with Crippen LogP contribution in [-0.4, -0.2) is 45.8 Å². The molecule has 0 aromatic heterocycles. The lowest BCUT2D eigenvalue weighted by Crippen LogP contribution is -2.27. The highest BCUT2D eigenvalue weighted by molar-refractivity contribution is 7.90. The van der Waals surface area contributed by atoms with Gasteiger partial charge in [0.05, 0.1) is 11.4 Å². The molecular weight excluding hydrogens is 394 g/mol. The van der Waals surface area contributed by atoms with Crippen molar-refractivity contribution in [3.8, 4) is 0 Å². The smallest absolute Gasteiger partial charge is 0.321 e. The normalized spacial score (nSPS) is 18.3. The van der Waals surface area contributed by atoms with Crippen LogP contribution in [0.15, 0.2) is 58.4 Å². The molecule has 150 valence electrons. The lowest BCUT2D eigenvalue weighted by atomic mass is 10.2. The Morgan fingerprint density at radius 1 is 1.17 bits per heavy atom. The third kappa shape index (κ3) is 3.92. The minimum absolute atomic E-state index is 0.0851. The zero-order valence-electron chi connectivity index (χ0n) is 15.4. The number of benzene rings is 2. The fourth-order valence-electron chi connectivity index (χ4n) is 3.21. The van der Waals surface area contributed by atoms with E-state index in [-0.39, 0.29) is 35.6 Å². The van der Waals surface area contributed by atoms with Crippen LogP contribution in [0, 0.1) is 0 Å². The highest BCUT2D eigenvalue weighted by Crippen LogP contribution is 2.23. The number of nitrogens with one attached hydrogen (secondary N) is 3. The minimum atomic E-state index is -3.59. The van der Waals surface area contributed by atoms with Gasteiger partial charge in [0, 0.05) is 36.4 Å². The first-order valence-electron chi connectivity index (χ1n) is 9.06. The molecule has 29 heavy (non-hydrogen) atoms. The van der Waals surface area contributed by atoms with Crippen LogP contribution in [0.25, 0.3) is 0 Å². The second kappa shape index (κ2) is 7.55. The average molecular weight is 413 g/mol. The fourth-order valence-corrected chi connectivity index (χ4v) is 4.46. The van der Waals surface area contributed by atoms with Crippen LogP contribution in [0.5, 0.6) is 0 Å². The summed E-state index contributed by atoms with van der Waals surface area (Å²) in [6, 6.07) is 13.4. The van der Waals surface area contributed by atoms with Gasteiger partial charge in [0.15, 0.2) is 0 Å². The topological polar surface area (TPSA) is 120 Å². The van der Waals surface area contributed by atoms with E-state index in [2.05, 4.69) is 20.3 Å². The number of amides is 3. The summed E-state index contributed by atoms with van der Waals surface area (Å²) in [4.78, 5) is 30.0. The Morgan fingerprint density at radius 2 is 2.00 bits per heavy atom. The van der Waals surface area contributed by atoms with E-state index in [1.807, 2.05) is 0 Å². The molecule has 0 radical (unpaired) electrons. The maximum Gasteiger partial charge on any atom is 0.321 e. The van der Waals surface area contributed by atoms with Crippen LogP contribution in [0.2, 0.25) is 0 Å². The molecule has 0 aliphatic carbocycles. The summed E-state index contributed by atoms with van der Waals surface area (Å²) >= 11 is 0. The van der Waals surface area contributed by atoms with Gasteiger partial charge >= 0.3 is 6.03 Å². The van der Waals surface area contributed by atoms with Crippen molar-refractivity contribution >= 4 is 39.2 Å². The number of carbonyl (C=O) groups excluding carboxylic acids is 2. The molecule has 10 heteroatoms. The standard InChI is InChI=1S/C19H19N5O4S/c25-17(22-13-4-3-5-14(12-13)24-11-10-21-19(24)26)8-9-20-18-15-6-1-2-7-16(15)29(27,28)23-18/h1-7,12H,8-11H2,(H,20,23)(H,21,26)(H,22,25). The first-order valence-corrected chi connectivity index (χ1v) is 10.5. The van der Waals surface area contributed by atoms with Crippen molar-refractivity contribution in [1.29, 1.82) is 0 Å². The quantitative estimate of drug-likeness (QED) is 0.684. The maximum absolute atomic E-state index is 12.2. The summed E-state index contributed by atoms with van der Waals surface area (Å²) in [5, 5.41) is 5.51. The number of carbonyl (C=O) groups is 2. The number of sulfonamides is 1. The van der Waals surface area contributed by atoms with E-state index >= 15 is 0 Å². The van der Waals surface area contributed by atoms with E-state index in [1.165, 1.54) is 6.07 Å². The Kier molecular flexibility index (Phi) is 4.93. The van der Waals surface area contributed by atoms with E-state index in [0.717, 1.165) is 0 Å². The lowest BCUT2D eigenvalue weighted by molar-refractivity contribution is -0.116. The number of fused-ring (bicyclic) bond motifs is 1. The molecule has 0 bridgehead atoms. The van der Waals surface area contributed by atoms with Crippen LogP contribution in [-0.2, 0) is 14.8 Å². The number of amidine groups is 1. The van der Waals surface area contributed by atoms with Gasteiger partial charge in [0.1, 0.15) is 5.84 Å². The van der Waals surface area contributed by atoms with E-state index in [1.54, 1.807) is 47.4 Å². The number of anilines is 2. The molecule has 3 N–H and O–H groups in total. The van der Waals surface area contributed by atoms with Gasteiger partial charge in [0.2, 0.25) is 5.91 Å². The van der Waals surface area contributed by atoms with E-state index in [4.69, 9.17) is 0 Å². The van der Waals surface area contributed by atoms with Gasteiger partial charge in [-0.3, -0.25) is 19.4 Å². The third-order valence-corrected chi connectivity index (χ3v) is 5.97. The molecule has 2 heterocycles.